The first-order valence-corrected chi connectivity index (χ1v) is 5.20. The first-order chi connectivity index (χ1) is 7.45. The Labute approximate surface area is 95.1 Å². The number of nitrogens with one attached hydrogen (secondary N) is 1. The Balaban J connectivity index is 2.81. The summed E-state index contributed by atoms with van der Waals surface area (Å²) < 4.78 is 1.51. The molecule has 1 heterocycles. The minimum Gasteiger partial charge on any atom is -0.308 e. The number of nitrogens with zero attached hydrogens (tertiary/aromatic N) is 3. The van der Waals surface area contributed by atoms with Crippen LogP contribution in [0.3, 0.4) is 0 Å². The molecule has 1 atom stereocenters. The highest BCUT2D eigenvalue weighted by Crippen LogP contribution is 2.15. The van der Waals surface area contributed by atoms with Gasteiger partial charge in [-0.05, 0) is 5.92 Å². The van der Waals surface area contributed by atoms with Gasteiger partial charge in [-0.25, -0.2) is 0 Å². The number of carbonyl (C=O) groups is 1. The molecule has 0 aromatic carbocycles. The Morgan fingerprint density at radius 2 is 2.19 bits per heavy atom. The Morgan fingerprint density at radius 1 is 1.56 bits per heavy atom. The van der Waals surface area contributed by atoms with Gasteiger partial charge >= 0.3 is 0 Å². The predicted molar refractivity (Wildman–Crippen MR) is 60.6 cm³/mol. The number of nitriles is 1. The van der Waals surface area contributed by atoms with E-state index in [1.54, 1.807) is 13.2 Å². The van der Waals surface area contributed by atoms with Gasteiger partial charge in [0.25, 0.3) is 0 Å². The van der Waals surface area contributed by atoms with Crippen molar-refractivity contribution < 1.29 is 4.79 Å². The van der Waals surface area contributed by atoms with Crippen LogP contribution in [0.2, 0.25) is 0 Å². The Morgan fingerprint density at radius 3 is 2.69 bits per heavy atom. The summed E-state index contributed by atoms with van der Waals surface area (Å²) in [7, 11) is 1.71. The molecule has 0 spiro atoms. The highest BCUT2D eigenvalue weighted by Gasteiger charge is 2.19. The van der Waals surface area contributed by atoms with Crippen molar-refractivity contribution in [2.45, 2.75) is 20.8 Å². The first kappa shape index (κ1) is 12.2. The molecule has 1 aromatic rings. The Kier molecular flexibility index (Phi) is 3.67. The fraction of sp³-hybridized carbons (Fsp3) is 0.545. The number of carbonyl (C=O) groups excluding carboxylic acids is 1. The van der Waals surface area contributed by atoms with E-state index in [1.807, 2.05) is 26.8 Å². The number of aromatic nitrogens is 2. The van der Waals surface area contributed by atoms with E-state index < -0.39 is 0 Å². The average molecular weight is 220 g/mol. The molecule has 0 saturated heterocycles. The lowest BCUT2D eigenvalue weighted by Gasteiger charge is -2.14. The Hall–Kier alpha value is -1.83. The van der Waals surface area contributed by atoms with Gasteiger partial charge in [-0.3, -0.25) is 9.48 Å². The van der Waals surface area contributed by atoms with Crippen LogP contribution < -0.4 is 5.32 Å². The molecular formula is C11H16N4O. The number of hydrogen-bond acceptors (Lipinski definition) is 3. The monoisotopic (exact) mass is 220 g/mol. The van der Waals surface area contributed by atoms with Gasteiger partial charge in [-0.15, -0.1) is 0 Å². The molecule has 0 radical (unpaired) electrons. The molecule has 1 amide bonds. The third-order valence-electron chi connectivity index (χ3n) is 2.60. The smallest absolute Gasteiger partial charge is 0.228 e. The van der Waals surface area contributed by atoms with E-state index in [0.29, 0.717) is 11.4 Å². The quantitative estimate of drug-likeness (QED) is 0.839. The topological polar surface area (TPSA) is 70.7 Å². The summed E-state index contributed by atoms with van der Waals surface area (Å²) in [5.74, 6) is 0.385. The molecule has 5 heteroatoms. The van der Waals surface area contributed by atoms with Crippen molar-refractivity contribution in [1.29, 1.82) is 5.26 Å². The minimum atomic E-state index is -0.106. The van der Waals surface area contributed by atoms with Crippen LogP contribution in [0.5, 0.6) is 0 Å². The third-order valence-corrected chi connectivity index (χ3v) is 2.60. The van der Waals surface area contributed by atoms with Crippen LogP contribution >= 0.6 is 0 Å². The van der Waals surface area contributed by atoms with E-state index in [1.165, 1.54) is 4.68 Å². The number of hydrogen-bond donors (Lipinski definition) is 1. The first-order valence-electron chi connectivity index (χ1n) is 5.20. The Bertz CT molecular complexity index is 428. The van der Waals surface area contributed by atoms with Crippen LogP contribution in [-0.2, 0) is 11.8 Å². The van der Waals surface area contributed by atoms with E-state index in [9.17, 15) is 4.79 Å². The molecule has 0 bridgehead atoms. The predicted octanol–water partition coefficient (Wildman–Crippen LogP) is 1.52. The number of rotatable bonds is 3. The molecule has 0 aliphatic heterocycles. The standard InChI is InChI=1S/C11H16N4O/c1-7(2)8(3)11(16)13-10-9(5-12)6-15(4)14-10/h6-8H,1-4H3,(H,13,14,16). The van der Waals surface area contributed by atoms with Crippen molar-refractivity contribution in [3.63, 3.8) is 0 Å². The number of aryl methyl sites for hydroxylation is 1. The van der Waals surface area contributed by atoms with Gasteiger partial charge < -0.3 is 5.32 Å². The normalized spacial score (nSPS) is 12.2. The zero-order valence-corrected chi connectivity index (χ0v) is 9.98. The van der Waals surface area contributed by atoms with E-state index in [4.69, 9.17) is 5.26 Å². The van der Waals surface area contributed by atoms with Crippen molar-refractivity contribution in [1.82, 2.24) is 9.78 Å². The summed E-state index contributed by atoms with van der Waals surface area (Å²) in [5, 5.41) is 15.5. The largest absolute Gasteiger partial charge is 0.308 e. The van der Waals surface area contributed by atoms with Gasteiger partial charge in [0.2, 0.25) is 5.91 Å². The number of amides is 1. The van der Waals surface area contributed by atoms with Crippen molar-refractivity contribution in [2.24, 2.45) is 18.9 Å². The molecule has 1 aromatic heterocycles. The SMILES string of the molecule is CC(C)C(C)C(=O)Nc1nn(C)cc1C#N. The van der Waals surface area contributed by atoms with Crippen LogP contribution in [0, 0.1) is 23.2 Å². The highest BCUT2D eigenvalue weighted by atomic mass is 16.1. The van der Waals surface area contributed by atoms with Gasteiger partial charge in [-0.1, -0.05) is 20.8 Å². The van der Waals surface area contributed by atoms with E-state index in [2.05, 4.69) is 10.4 Å². The van der Waals surface area contributed by atoms with E-state index in [0.717, 1.165) is 0 Å². The zero-order valence-electron chi connectivity index (χ0n) is 9.98. The lowest BCUT2D eigenvalue weighted by molar-refractivity contribution is -0.120. The van der Waals surface area contributed by atoms with Gasteiger partial charge in [0.1, 0.15) is 11.6 Å². The maximum Gasteiger partial charge on any atom is 0.228 e. The van der Waals surface area contributed by atoms with E-state index in [-0.39, 0.29) is 17.7 Å². The molecule has 0 fully saturated rings. The molecule has 0 aliphatic carbocycles. The van der Waals surface area contributed by atoms with Gasteiger partial charge in [0, 0.05) is 19.2 Å². The molecule has 0 aliphatic rings. The summed E-state index contributed by atoms with van der Waals surface area (Å²) in [6.07, 6.45) is 1.58. The molecule has 1 N–H and O–H groups in total. The maximum atomic E-state index is 11.8. The molecule has 0 saturated carbocycles. The fourth-order valence-corrected chi connectivity index (χ4v) is 1.20. The second kappa shape index (κ2) is 4.79. The second-order valence-electron chi connectivity index (χ2n) is 4.20. The number of anilines is 1. The van der Waals surface area contributed by atoms with Crippen LogP contribution in [0.15, 0.2) is 6.20 Å². The maximum absolute atomic E-state index is 11.8. The average Bonchev–Trinajstić information content (AvgIpc) is 2.57. The molecular weight excluding hydrogens is 204 g/mol. The van der Waals surface area contributed by atoms with Crippen molar-refractivity contribution >= 4 is 11.7 Å². The lowest BCUT2D eigenvalue weighted by Crippen LogP contribution is -2.24. The highest BCUT2D eigenvalue weighted by molar-refractivity contribution is 5.92. The summed E-state index contributed by atoms with van der Waals surface area (Å²) in [4.78, 5) is 11.8. The third kappa shape index (κ3) is 2.60. The lowest BCUT2D eigenvalue weighted by atomic mass is 9.97. The van der Waals surface area contributed by atoms with Crippen LogP contribution in [-0.4, -0.2) is 15.7 Å². The second-order valence-corrected chi connectivity index (χ2v) is 4.20. The van der Waals surface area contributed by atoms with E-state index >= 15 is 0 Å². The fourth-order valence-electron chi connectivity index (χ4n) is 1.20. The van der Waals surface area contributed by atoms with Crippen LogP contribution in [0.1, 0.15) is 26.3 Å². The molecule has 86 valence electrons. The summed E-state index contributed by atoms with van der Waals surface area (Å²) in [5.41, 5.74) is 0.381. The summed E-state index contributed by atoms with van der Waals surface area (Å²) in [6.45, 7) is 5.82. The van der Waals surface area contributed by atoms with Gasteiger partial charge in [-0.2, -0.15) is 10.4 Å². The van der Waals surface area contributed by atoms with Gasteiger partial charge in [0.15, 0.2) is 5.82 Å². The van der Waals surface area contributed by atoms with Crippen LogP contribution in [0.25, 0.3) is 0 Å². The zero-order chi connectivity index (χ0) is 12.3. The molecule has 16 heavy (non-hydrogen) atoms. The summed E-state index contributed by atoms with van der Waals surface area (Å²) >= 11 is 0. The van der Waals surface area contributed by atoms with Gasteiger partial charge in [0.05, 0.1) is 0 Å². The molecule has 1 unspecified atom stereocenters. The van der Waals surface area contributed by atoms with Crippen molar-refractivity contribution in [3.05, 3.63) is 11.8 Å². The van der Waals surface area contributed by atoms with Crippen molar-refractivity contribution in [2.75, 3.05) is 5.32 Å². The minimum absolute atomic E-state index is 0.103. The molecule has 5 nitrogen and oxygen atoms in total. The molecule has 1 rings (SSSR count). The van der Waals surface area contributed by atoms with Crippen LogP contribution in [0.4, 0.5) is 5.82 Å². The summed E-state index contributed by atoms with van der Waals surface area (Å²) in [6, 6.07) is 1.99. The van der Waals surface area contributed by atoms with Crippen molar-refractivity contribution in [3.8, 4) is 6.07 Å².